The van der Waals surface area contributed by atoms with Crippen molar-refractivity contribution in [2.24, 2.45) is 0 Å². The molecule has 12 atom stereocenters. The molecule has 12 unspecified atom stereocenters. The average Bonchev–Trinajstić information content (AvgIpc) is 1.25. The summed E-state index contributed by atoms with van der Waals surface area (Å²) in [5.74, 6) is -0.285. The summed E-state index contributed by atoms with van der Waals surface area (Å²) in [6.07, 6.45) is 72.2. The van der Waals surface area contributed by atoms with Crippen LogP contribution in [-0.4, -0.2) is 140 Å². The van der Waals surface area contributed by atoms with Crippen LogP contribution in [0, 0.1) is 0 Å². The third-order valence-electron chi connectivity index (χ3n) is 16.6. The molecular formula is C77H129NO13. The van der Waals surface area contributed by atoms with Gasteiger partial charge in [0.15, 0.2) is 12.6 Å². The number of carbonyl (C=O) groups is 1. The van der Waals surface area contributed by atoms with Crippen molar-refractivity contribution in [3.05, 3.63) is 134 Å². The van der Waals surface area contributed by atoms with E-state index >= 15 is 0 Å². The lowest BCUT2D eigenvalue weighted by Crippen LogP contribution is -2.65. The van der Waals surface area contributed by atoms with E-state index in [0.717, 1.165) is 89.9 Å². The summed E-state index contributed by atoms with van der Waals surface area (Å²) in [5.41, 5.74) is 0. The normalized spacial score (nSPS) is 23.6. The van der Waals surface area contributed by atoms with Gasteiger partial charge in [-0.05, 0) is 103 Å². The number of amides is 1. The van der Waals surface area contributed by atoms with Crippen LogP contribution in [0.1, 0.15) is 251 Å². The van der Waals surface area contributed by atoms with Crippen LogP contribution < -0.4 is 5.32 Å². The van der Waals surface area contributed by atoms with E-state index < -0.39 is 86.8 Å². The van der Waals surface area contributed by atoms with Crippen molar-refractivity contribution in [1.82, 2.24) is 5.32 Å². The molecule has 0 aromatic rings. The van der Waals surface area contributed by atoms with Gasteiger partial charge in [0, 0.05) is 6.42 Å². The molecule has 0 radical (unpaired) electrons. The Kier molecular flexibility index (Phi) is 54.7. The summed E-state index contributed by atoms with van der Waals surface area (Å²) >= 11 is 0. The minimum Gasteiger partial charge on any atom is -0.394 e. The Morgan fingerprint density at radius 1 is 0.407 bits per heavy atom. The number of nitrogens with one attached hydrogen (secondary N) is 1. The van der Waals surface area contributed by atoms with Crippen LogP contribution in [0.25, 0.3) is 0 Å². The van der Waals surface area contributed by atoms with Crippen LogP contribution in [0.4, 0.5) is 0 Å². The third kappa shape index (κ3) is 43.7. The number of carbonyl (C=O) groups excluding carboxylic acids is 1. The van der Waals surface area contributed by atoms with E-state index in [1.54, 1.807) is 6.08 Å². The molecule has 0 bridgehead atoms. The molecule has 9 N–H and O–H groups in total. The highest BCUT2D eigenvalue weighted by atomic mass is 16.7. The molecule has 2 heterocycles. The number of hydrogen-bond donors (Lipinski definition) is 9. The summed E-state index contributed by atoms with van der Waals surface area (Å²) in [6.45, 7) is 2.65. The highest BCUT2D eigenvalue weighted by Crippen LogP contribution is 2.30. The van der Waals surface area contributed by atoms with E-state index in [4.69, 9.17) is 18.9 Å². The van der Waals surface area contributed by atoms with Crippen molar-refractivity contribution in [1.29, 1.82) is 0 Å². The van der Waals surface area contributed by atoms with Gasteiger partial charge >= 0.3 is 0 Å². The maximum absolute atomic E-state index is 13.3. The summed E-state index contributed by atoms with van der Waals surface area (Å²) in [4.78, 5) is 13.3. The molecule has 2 aliphatic rings. The smallest absolute Gasteiger partial charge is 0.220 e. The summed E-state index contributed by atoms with van der Waals surface area (Å²) in [6, 6.07) is -0.962. The molecule has 2 fully saturated rings. The molecule has 0 aromatic heterocycles. The van der Waals surface area contributed by atoms with Crippen LogP contribution in [0.5, 0.6) is 0 Å². The number of aliphatic hydroxyl groups is 8. The van der Waals surface area contributed by atoms with Gasteiger partial charge in [-0.3, -0.25) is 4.79 Å². The average molecular weight is 1280 g/mol. The van der Waals surface area contributed by atoms with Crippen molar-refractivity contribution in [3.63, 3.8) is 0 Å². The van der Waals surface area contributed by atoms with E-state index in [-0.39, 0.29) is 18.9 Å². The predicted molar refractivity (Wildman–Crippen MR) is 373 cm³/mol. The highest BCUT2D eigenvalue weighted by molar-refractivity contribution is 5.76. The Hall–Kier alpha value is -3.87. The largest absolute Gasteiger partial charge is 0.394 e. The molecule has 520 valence electrons. The highest BCUT2D eigenvalue weighted by Gasteiger charge is 2.51. The maximum atomic E-state index is 13.3. The fraction of sp³-hybridized carbons (Fsp3) is 0.701. The third-order valence-corrected chi connectivity index (χ3v) is 16.6. The quantitative estimate of drug-likeness (QED) is 0.0204. The lowest BCUT2D eigenvalue weighted by molar-refractivity contribution is -0.359. The zero-order valence-corrected chi connectivity index (χ0v) is 56.5. The molecule has 2 saturated heterocycles. The molecule has 2 rings (SSSR count). The van der Waals surface area contributed by atoms with Crippen LogP contribution in [0.2, 0.25) is 0 Å². The van der Waals surface area contributed by atoms with Gasteiger partial charge in [0.25, 0.3) is 0 Å². The first-order valence-corrected chi connectivity index (χ1v) is 35.9. The standard InChI is InChI=1S/C77H129NO13/c1-3-5-7-9-11-13-15-17-19-21-23-25-27-29-31-32-33-34-35-37-39-41-43-45-47-49-51-53-55-57-59-61-69(82)78-65(64-88-76-74(87)72(85)75(68(63-80)90-76)91-77-73(86)71(84)70(83)67(62-79)89-77)66(81)60-58-56-54-52-50-48-46-44-42-40-38-36-30-28-26-24-22-20-18-16-14-12-10-8-6-4-2/h5,7,11,13,17,19,23,25,29,31,33-34,37,39,43,45,49-52,58,60,65-68,70-77,79-81,83-87H,3-4,6,8-10,12,14-16,18,20-22,24,26-28,30,32,35-36,38,40-42,44,46-48,53-57,59,61-64H2,1-2H3,(H,78,82)/b7-5-,13-11-,19-17-,25-23-,31-29-,34-33-,39-37-,45-43-,51-49-,52-50+,60-58+. The summed E-state index contributed by atoms with van der Waals surface area (Å²) < 4.78 is 22.8. The molecule has 14 heteroatoms. The van der Waals surface area contributed by atoms with E-state index in [9.17, 15) is 45.6 Å². The number of hydrogen-bond acceptors (Lipinski definition) is 13. The Bertz CT molecular complexity index is 2040. The van der Waals surface area contributed by atoms with Crippen molar-refractivity contribution in [2.75, 3.05) is 19.8 Å². The van der Waals surface area contributed by atoms with Crippen molar-refractivity contribution < 1.29 is 64.6 Å². The van der Waals surface area contributed by atoms with E-state index in [0.29, 0.717) is 12.8 Å². The molecule has 14 nitrogen and oxygen atoms in total. The Morgan fingerprint density at radius 3 is 1.21 bits per heavy atom. The molecular weight excluding hydrogens is 1150 g/mol. The topological polar surface area (TPSA) is 228 Å². The Balaban J connectivity index is 1.73. The zero-order chi connectivity index (χ0) is 65.9. The van der Waals surface area contributed by atoms with E-state index in [2.05, 4.69) is 141 Å². The second kappa shape index (κ2) is 59.8. The monoisotopic (exact) mass is 1280 g/mol. The first-order valence-electron chi connectivity index (χ1n) is 35.9. The molecule has 0 aliphatic carbocycles. The first kappa shape index (κ1) is 83.2. The van der Waals surface area contributed by atoms with Gasteiger partial charge in [0.1, 0.15) is 48.8 Å². The Labute approximate surface area is 551 Å². The van der Waals surface area contributed by atoms with Crippen molar-refractivity contribution in [2.45, 2.75) is 325 Å². The molecule has 2 aliphatic heterocycles. The van der Waals surface area contributed by atoms with Crippen molar-refractivity contribution in [3.8, 4) is 0 Å². The van der Waals surface area contributed by atoms with Crippen LogP contribution in [0.3, 0.4) is 0 Å². The fourth-order valence-corrected chi connectivity index (χ4v) is 10.9. The number of ether oxygens (including phenoxy) is 4. The van der Waals surface area contributed by atoms with Crippen molar-refractivity contribution >= 4 is 5.91 Å². The van der Waals surface area contributed by atoms with E-state index in [1.807, 2.05) is 6.08 Å². The van der Waals surface area contributed by atoms with Gasteiger partial charge in [-0.15, -0.1) is 0 Å². The van der Waals surface area contributed by atoms with Gasteiger partial charge in [-0.2, -0.15) is 0 Å². The minimum absolute atomic E-state index is 0.224. The fourth-order valence-electron chi connectivity index (χ4n) is 10.9. The van der Waals surface area contributed by atoms with Gasteiger partial charge in [0.05, 0.1) is 32.0 Å². The van der Waals surface area contributed by atoms with E-state index in [1.165, 1.54) is 128 Å². The summed E-state index contributed by atoms with van der Waals surface area (Å²) in [7, 11) is 0. The zero-order valence-electron chi connectivity index (χ0n) is 56.5. The van der Waals surface area contributed by atoms with Crippen LogP contribution in [-0.2, 0) is 23.7 Å². The molecule has 0 aromatic carbocycles. The lowest BCUT2D eigenvalue weighted by atomic mass is 9.97. The predicted octanol–water partition coefficient (Wildman–Crippen LogP) is 15.1. The van der Waals surface area contributed by atoms with Gasteiger partial charge in [0.2, 0.25) is 5.91 Å². The maximum Gasteiger partial charge on any atom is 0.220 e. The first-order chi connectivity index (χ1) is 44.6. The SMILES string of the molecule is CC/C=C\C/C=C\C/C=C\C/C=C\C/C=C\C/C=C\C/C=C\C/C=C\C/C=C\CCCCCC(=O)NC(COC1OC(CO)C(OC2OC(CO)C(O)C(O)C2O)C(O)C1O)C(O)/C=C/CC/C=C/CCCCCCCCCCCCCCCCCCCCCC. The minimum atomic E-state index is -1.80. The second-order valence-corrected chi connectivity index (χ2v) is 24.6. The lowest BCUT2D eigenvalue weighted by Gasteiger charge is -2.46. The molecule has 1 amide bonds. The molecule has 0 saturated carbocycles. The van der Waals surface area contributed by atoms with Gasteiger partial charge in [-0.25, -0.2) is 0 Å². The number of rotatable bonds is 57. The molecule has 91 heavy (non-hydrogen) atoms. The van der Waals surface area contributed by atoms with Crippen LogP contribution >= 0.6 is 0 Å². The van der Waals surface area contributed by atoms with Gasteiger partial charge in [-0.1, -0.05) is 276 Å². The van der Waals surface area contributed by atoms with Crippen LogP contribution in [0.15, 0.2) is 134 Å². The second-order valence-electron chi connectivity index (χ2n) is 24.6. The number of unbranched alkanes of at least 4 members (excludes halogenated alkanes) is 24. The number of aliphatic hydroxyl groups excluding tert-OH is 8. The molecule has 0 spiro atoms. The summed E-state index contributed by atoms with van der Waals surface area (Å²) in [5, 5.41) is 87.4. The van der Waals surface area contributed by atoms with Gasteiger partial charge < -0.3 is 65.1 Å². The number of allylic oxidation sites excluding steroid dienone is 21. The Morgan fingerprint density at radius 2 is 0.769 bits per heavy atom.